The lowest BCUT2D eigenvalue weighted by atomic mass is 10.2. The van der Waals surface area contributed by atoms with Crippen LogP contribution in [-0.2, 0) is 10.0 Å². The quantitative estimate of drug-likeness (QED) is 0.783. The fraction of sp³-hybridized carbons (Fsp3) is 0.600. The minimum atomic E-state index is -3.69. The van der Waals surface area contributed by atoms with Gasteiger partial charge in [0, 0.05) is 19.5 Å². The van der Waals surface area contributed by atoms with E-state index >= 15 is 0 Å². The van der Waals surface area contributed by atoms with Crippen LogP contribution in [0.2, 0.25) is 0 Å². The third-order valence-electron chi connectivity index (χ3n) is 2.29. The Labute approximate surface area is 107 Å². The molecule has 0 bridgehead atoms. The van der Waals surface area contributed by atoms with Crippen molar-refractivity contribution in [3.8, 4) is 6.07 Å². The molecule has 7 nitrogen and oxygen atoms in total. The number of anilines is 1. The average molecular weight is 271 g/mol. The topological polar surface area (TPSA) is 116 Å². The van der Waals surface area contributed by atoms with Crippen molar-refractivity contribution >= 4 is 15.8 Å². The molecule has 1 rings (SSSR count). The van der Waals surface area contributed by atoms with E-state index in [1.165, 1.54) is 10.5 Å². The van der Waals surface area contributed by atoms with Gasteiger partial charge >= 0.3 is 0 Å². The SMILES string of the molecule is CC(C)CN(CCC#N)S(=O)(=O)c1cn[nH]c1N. The fourth-order valence-corrected chi connectivity index (χ4v) is 3.13. The van der Waals surface area contributed by atoms with E-state index < -0.39 is 10.0 Å². The van der Waals surface area contributed by atoms with Crippen LogP contribution in [0, 0.1) is 17.2 Å². The van der Waals surface area contributed by atoms with E-state index in [1.807, 2.05) is 19.9 Å². The van der Waals surface area contributed by atoms with Gasteiger partial charge in [-0.25, -0.2) is 8.42 Å². The van der Waals surface area contributed by atoms with Gasteiger partial charge in [-0.3, -0.25) is 5.10 Å². The zero-order valence-corrected chi connectivity index (χ0v) is 11.2. The van der Waals surface area contributed by atoms with Crippen LogP contribution in [0.25, 0.3) is 0 Å². The molecule has 0 unspecified atom stereocenters. The number of hydrogen-bond donors (Lipinski definition) is 2. The maximum absolute atomic E-state index is 12.3. The number of nitrogen functional groups attached to an aromatic ring is 1. The van der Waals surface area contributed by atoms with Crippen molar-refractivity contribution in [1.29, 1.82) is 5.26 Å². The molecule has 0 saturated carbocycles. The number of hydrogen-bond acceptors (Lipinski definition) is 5. The summed E-state index contributed by atoms with van der Waals surface area (Å²) in [6.07, 6.45) is 1.33. The molecule has 1 aromatic heterocycles. The van der Waals surface area contributed by atoms with E-state index in [4.69, 9.17) is 11.0 Å². The number of nitriles is 1. The van der Waals surface area contributed by atoms with Crippen LogP contribution >= 0.6 is 0 Å². The highest BCUT2D eigenvalue weighted by Gasteiger charge is 2.28. The van der Waals surface area contributed by atoms with Crippen LogP contribution in [0.3, 0.4) is 0 Å². The van der Waals surface area contributed by atoms with Crippen LogP contribution in [-0.4, -0.2) is 36.0 Å². The molecule has 0 aliphatic carbocycles. The van der Waals surface area contributed by atoms with Gasteiger partial charge in [-0.15, -0.1) is 0 Å². The molecular formula is C10H17N5O2S. The minimum absolute atomic E-state index is 0.0145. The van der Waals surface area contributed by atoms with Gasteiger partial charge in [0.25, 0.3) is 0 Å². The largest absolute Gasteiger partial charge is 0.383 e. The summed E-state index contributed by atoms with van der Waals surface area (Å²) in [6, 6.07) is 1.94. The van der Waals surface area contributed by atoms with Crippen molar-refractivity contribution in [3.05, 3.63) is 6.20 Å². The molecule has 0 radical (unpaired) electrons. The zero-order chi connectivity index (χ0) is 13.8. The van der Waals surface area contributed by atoms with Crippen LogP contribution in [0.4, 0.5) is 5.82 Å². The number of rotatable bonds is 6. The second kappa shape index (κ2) is 5.84. The van der Waals surface area contributed by atoms with Crippen molar-refractivity contribution in [3.63, 3.8) is 0 Å². The van der Waals surface area contributed by atoms with Crippen molar-refractivity contribution < 1.29 is 8.42 Å². The Morgan fingerprint density at radius 3 is 2.72 bits per heavy atom. The minimum Gasteiger partial charge on any atom is -0.383 e. The molecule has 0 saturated heterocycles. The van der Waals surface area contributed by atoms with Gasteiger partial charge in [-0.05, 0) is 5.92 Å². The summed E-state index contributed by atoms with van der Waals surface area (Å²) in [7, 11) is -3.69. The molecule has 8 heteroatoms. The summed E-state index contributed by atoms with van der Waals surface area (Å²) >= 11 is 0. The molecule has 0 fully saturated rings. The first-order valence-electron chi connectivity index (χ1n) is 5.55. The first-order chi connectivity index (χ1) is 8.39. The maximum Gasteiger partial charge on any atom is 0.248 e. The normalized spacial score (nSPS) is 11.9. The lowest BCUT2D eigenvalue weighted by molar-refractivity contribution is 0.373. The van der Waals surface area contributed by atoms with E-state index in [-0.39, 0.29) is 29.6 Å². The van der Waals surface area contributed by atoms with Crippen LogP contribution in [0.1, 0.15) is 20.3 Å². The summed E-state index contributed by atoms with van der Waals surface area (Å²) in [5.41, 5.74) is 5.54. The third-order valence-corrected chi connectivity index (χ3v) is 4.18. The third kappa shape index (κ3) is 3.21. The molecule has 0 aromatic carbocycles. The fourth-order valence-electron chi connectivity index (χ4n) is 1.52. The van der Waals surface area contributed by atoms with Gasteiger partial charge in [0.15, 0.2) is 0 Å². The number of aromatic nitrogens is 2. The second-order valence-electron chi connectivity index (χ2n) is 4.31. The number of nitrogens with two attached hydrogens (primary N) is 1. The van der Waals surface area contributed by atoms with E-state index in [2.05, 4.69) is 10.2 Å². The van der Waals surface area contributed by atoms with E-state index in [9.17, 15) is 8.42 Å². The summed E-state index contributed by atoms with van der Waals surface area (Å²) < 4.78 is 25.9. The van der Waals surface area contributed by atoms with Crippen LogP contribution in [0.5, 0.6) is 0 Å². The highest BCUT2D eigenvalue weighted by molar-refractivity contribution is 7.89. The number of sulfonamides is 1. The second-order valence-corrected chi connectivity index (χ2v) is 6.22. The molecule has 3 N–H and O–H groups in total. The molecule has 1 aromatic rings. The van der Waals surface area contributed by atoms with Gasteiger partial charge in [0.1, 0.15) is 10.7 Å². The first kappa shape index (κ1) is 14.5. The molecule has 0 aliphatic rings. The molecule has 1 heterocycles. The summed E-state index contributed by atoms with van der Waals surface area (Å²) in [4.78, 5) is -0.0407. The predicted octanol–water partition coefficient (Wildman–Crippen LogP) is 0.552. The summed E-state index contributed by atoms with van der Waals surface area (Å²) in [5.74, 6) is 0.173. The van der Waals surface area contributed by atoms with Gasteiger partial charge < -0.3 is 5.73 Å². The van der Waals surface area contributed by atoms with Crippen molar-refractivity contribution in [2.75, 3.05) is 18.8 Å². The molecule has 0 amide bonds. The summed E-state index contributed by atoms with van der Waals surface area (Å²) in [6.45, 7) is 4.32. The van der Waals surface area contributed by atoms with Crippen LogP contribution in [0.15, 0.2) is 11.1 Å². The van der Waals surface area contributed by atoms with Crippen molar-refractivity contribution in [2.45, 2.75) is 25.2 Å². The molecule has 18 heavy (non-hydrogen) atoms. The van der Waals surface area contributed by atoms with E-state index in [0.29, 0.717) is 6.54 Å². The average Bonchev–Trinajstić information content (AvgIpc) is 2.70. The molecule has 0 aliphatic heterocycles. The van der Waals surface area contributed by atoms with E-state index in [1.54, 1.807) is 0 Å². The van der Waals surface area contributed by atoms with Gasteiger partial charge in [-0.1, -0.05) is 13.8 Å². The van der Waals surface area contributed by atoms with Gasteiger partial charge in [0.2, 0.25) is 10.0 Å². The number of H-pyrrole nitrogens is 1. The van der Waals surface area contributed by atoms with Gasteiger partial charge in [-0.2, -0.15) is 14.7 Å². The zero-order valence-electron chi connectivity index (χ0n) is 10.4. The van der Waals surface area contributed by atoms with Crippen LogP contribution < -0.4 is 5.73 Å². The first-order valence-corrected chi connectivity index (χ1v) is 6.99. The Morgan fingerprint density at radius 1 is 1.61 bits per heavy atom. The lowest BCUT2D eigenvalue weighted by Gasteiger charge is -2.22. The highest BCUT2D eigenvalue weighted by atomic mass is 32.2. The smallest absolute Gasteiger partial charge is 0.248 e. The Hall–Kier alpha value is -1.59. The molecule has 0 spiro atoms. The molecular weight excluding hydrogens is 254 g/mol. The van der Waals surface area contributed by atoms with Crippen molar-refractivity contribution in [2.24, 2.45) is 5.92 Å². The monoisotopic (exact) mass is 271 g/mol. The number of aromatic amines is 1. The lowest BCUT2D eigenvalue weighted by Crippen LogP contribution is -2.35. The standard InChI is InChI=1S/C10H17N5O2S/c1-8(2)7-15(5-3-4-11)18(16,17)9-6-13-14-10(9)12/h6,8H,3,5,7H2,1-2H3,(H3,12,13,14). The molecule has 100 valence electrons. The predicted molar refractivity (Wildman–Crippen MR) is 66.8 cm³/mol. The van der Waals surface area contributed by atoms with E-state index in [0.717, 1.165) is 0 Å². The van der Waals surface area contributed by atoms with Crippen molar-refractivity contribution in [1.82, 2.24) is 14.5 Å². The number of nitrogens with zero attached hydrogens (tertiary/aromatic N) is 3. The summed E-state index contributed by atoms with van der Waals surface area (Å²) in [5, 5.41) is 14.6. The highest BCUT2D eigenvalue weighted by Crippen LogP contribution is 2.20. The van der Waals surface area contributed by atoms with Gasteiger partial charge in [0.05, 0.1) is 12.3 Å². The maximum atomic E-state index is 12.3. The molecule has 0 atom stereocenters. The number of nitrogens with one attached hydrogen (secondary N) is 1. The Bertz CT molecular complexity index is 529. The Balaban J connectivity index is 3.04. The Morgan fingerprint density at radius 2 is 2.28 bits per heavy atom. The Kier molecular flexibility index (Phi) is 4.69.